The number of ketones is 1. The predicted molar refractivity (Wildman–Crippen MR) is 133 cm³/mol. The summed E-state index contributed by atoms with van der Waals surface area (Å²) in [6.45, 7) is 7.59. The van der Waals surface area contributed by atoms with Gasteiger partial charge in [-0.15, -0.1) is 0 Å². The van der Waals surface area contributed by atoms with Gasteiger partial charge in [0.25, 0.3) is 0 Å². The van der Waals surface area contributed by atoms with Gasteiger partial charge in [-0.05, 0) is 31.6 Å². The minimum Gasteiger partial charge on any atom is -0.379 e. The molecule has 3 amide bonds. The van der Waals surface area contributed by atoms with Gasteiger partial charge in [0.05, 0.1) is 39.0 Å². The van der Waals surface area contributed by atoms with Crippen molar-refractivity contribution in [1.29, 1.82) is 0 Å². The van der Waals surface area contributed by atoms with Crippen molar-refractivity contribution in [2.75, 3.05) is 46.1 Å². The van der Waals surface area contributed by atoms with Crippen molar-refractivity contribution in [2.45, 2.75) is 77.8 Å². The van der Waals surface area contributed by atoms with Crippen LogP contribution in [-0.4, -0.2) is 105 Å². The number of nitrogens with zero attached hydrogens (tertiary/aromatic N) is 1. The Kier molecular flexibility index (Phi) is 12.5. The van der Waals surface area contributed by atoms with E-state index in [1.54, 1.807) is 6.92 Å². The average molecular weight is 549 g/mol. The number of carbonyl (C=O) groups is 4. The molecule has 38 heavy (non-hydrogen) atoms. The van der Waals surface area contributed by atoms with Crippen LogP contribution in [0.2, 0.25) is 0 Å². The van der Waals surface area contributed by atoms with Crippen LogP contribution in [0.5, 0.6) is 0 Å². The fraction of sp³-hybridized carbons (Fsp3) is 0.840. The Bertz CT molecular complexity index is 818. The molecule has 0 aromatic carbocycles. The van der Waals surface area contributed by atoms with E-state index >= 15 is 0 Å². The molecule has 0 unspecified atom stereocenters. The minimum atomic E-state index is -3.17. The lowest BCUT2D eigenvalue weighted by atomic mass is 9.93. The van der Waals surface area contributed by atoms with Crippen LogP contribution in [0.25, 0.3) is 0 Å². The van der Waals surface area contributed by atoms with E-state index in [-0.39, 0.29) is 43.1 Å². The first kappa shape index (κ1) is 32.0. The quantitative estimate of drug-likeness (QED) is 0.237. The van der Waals surface area contributed by atoms with E-state index in [1.165, 1.54) is 0 Å². The summed E-state index contributed by atoms with van der Waals surface area (Å²) in [6.07, 6.45) is 0.558. The van der Waals surface area contributed by atoms with Crippen LogP contribution in [0.15, 0.2) is 0 Å². The monoisotopic (exact) mass is 548 g/mol. The fourth-order valence-corrected chi connectivity index (χ4v) is 4.12. The molecular weight excluding hydrogens is 506 g/mol. The molecule has 0 saturated carbocycles. The largest absolute Gasteiger partial charge is 0.379 e. The molecule has 2 heterocycles. The van der Waals surface area contributed by atoms with Crippen LogP contribution in [0.1, 0.15) is 47.5 Å². The molecule has 0 bridgehead atoms. The Balaban J connectivity index is 2.10. The van der Waals surface area contributed by atoms with Crippen LogP contribution in [0, 0.1) is 11.8 Å². The first-order valence-electron chi connectivity index (χ1n) is 13.1. The second-order valence-electron chi connectivity index (χ2n) is 10.9. The highest BCUT2D eigenvalue weighted by Crippen LogP contribution is 2.29. The van der Waals surface area contributed by atoms with E-state index in [0.717, 1.165) is 0 Å². The number of rotatable bonds is 16. The Labute approximate surface area is 222 Å². The second kappa shape index (κ2) is 14.8. The van der Waals surface area contributed by atoms with Crippen LogP contribution in [-0.2, 0) is 33.4 Å². The number of hydrogen-bond acceptors (Lipinski definition) is 8. The van der Waals surface area contributed by atoms with Gasteiger partial charge >= 0.3 is 6.61 Å². The third-order valence-electron chi connectivity index (χ3n) is 6.29. The Morgan fingerprint density at radius 2 is 1.42 bits per heavy atom. The Morgan fingerprint density at radius 3 is 1.95 bits per heavy atom. The van der Waals surface area contributed by atoms with Gasteiger partial charge in [-0.3, -0.25) is 24.1 Å². The van der Waals surface area contributed by atoms with Gasteiger partial charge in [0.1, 0.15) is 17.7 Å². The first-order chi connectivity index (χ1) is 17.8. The van der Waals surface area contributed by atoms with Crippen molar-refractivity contribution in [3.05, 3.63) is 0 Å². The lowest BCUT2D eigenvalue weighted by Crippen LogP contribution is -2.58. The zero-order valence-electron chi connectivity index (χ0n) is 22.9. The zero-order valence-corrected chi connectivity index (χ0v) is 22.9. The van der Waals surface area contributed by atoms with Crippen molar-refractivity contribution in [3.8, 4) is 0 Å². The van der Waals surface area contributed by atoms with E-state index in [4.69, 9.17) is 9.47 Å². The highest BCUT2D eigenvalue weighted by Gasteiger charge is 2.50. The number of morpholine rings is 1. The van der Waals surface area contributed by atoms with Gasteiger partial charge in [-0.25, -0.2) is 0 Å². The maximum absolute atomic E-state index is 13.2. The molecule has 2 rings (SSSR count). The number of nitrogens with one attached hydrogen (secondary N) is 3. The number of amides is 3. The summed E-state index contributed by atoms with van der Waals surface area (Å²) >= 11 is 0. The summed E-state index contributed by atoms with van der Waals surface area (Å²) in [6, 6.07) is -3.45. The van der Waals surface area contributed by atoms with E-state index in [2.05, 4.69) is 20.7 Å². The Hall–Kier alpha value is -2.22. The van der Waals surface area contributed by atoms with Crippen molar-refractivity contribution >= 4 is 23.5 Å². The van der Waals surface area contributed by atoms with E-state index in [1.807, 2.05) is 32.6 Å². The maximum atomic E-state index is 13.2. The van der Waals surface area contributed by atoms with E-state index < -0.39 is 48.8 Å². The molecule has 11 nitrogen and oxygen atoms in total. The molecule has 2 aliphatic rings. The Morgan fingerprint density at radius 1 is 0.895 bits per heavy atom. The lowest BCUT2D eigenvalue weighted by molar-refractivity contribution is -0.149. The highest BCUT2D eigenvalue weighted by molar-refractivity contribution is 5.98. The number of alkyl halides is 2. The number of Topliss-reactive ketones (excluding diaryl/α,β-unsaturated/α-hetero) is 1. The molecule has 2 saturated heterocycles. The first-order valence-corrected chi connectivity index (χ1v) is 13.1. The number of ether oxygens (including phenoxy) is 3. The lowest BCUT2D eigenvalue weighted by Gasteiger charge is -2.28. The normalized spacial score (nSPS) is 22.2. The van der Waals surface area contributed by atoms with E-state index in [9.17, 15) is 28.0 Å². The van der Waals surface area contributed by atoms with Crippen LogP contribution in [0.3, 0.4) is 0 Å². The predicted octanol–water partition coefficient (Wildman–Crippen LogP) is 0.462. The standard InChI is InChI=1S/C25H42F2N4O7/c1-15(2)10-17(21(33)25(5)14-38-25)29-23(35)19(13-37-24(26)27)30-22(34)18(11-16(3)4)28-20(32)12-31-6-8-36-9-7-31/h15-19,24H,6-14H2,1-5H3,(H,28,32)(H,29,35)(H,30,34)/t17-,18-,19-,25-/m0/s1. The van der Waals surface area contributed by atoms with Gasteiger partial charge < -0.3 is 30.2 Å². The summed E-state index contributed by atoms with van der Waals surface area (Å²) in [5, 5.41) is 7.72. The van der Waals surface area contributed by atoms with Crippen LogP contribution >= 0.6 is 0 Å². The summed E-state index contributed by atoms with van der Waals surface area (Å²) < 4.78 is 40.5. The summed E-state index contributed by atoms with van der Waals surface area (Å²) in [7, 11) is 0. The SMILES string of the molecule is CC(C)C[C@H](NC(=O)CN1CCOCC1)C(=O)N[C@@H](COC(F)F)C(=O)N[C@@H](CC(C)C)C(=O)[C@]1(C)CO1. The fourth-order valence-electron chi connectivity index (χ4n) is 4.12. The number of carbonyl (C=O) groups excluding carboxylic acids is 4. The van der Waals surface area contributed by atoms with Crippen LogP contribution < -0.4 is 16.0 Å². The van der Waals surface area contributed by atoms with Crippen molar-refractivity contribution < 1.29 is 42.2 Å². The van der Waals surface area contributed by atoms with Gasteiger partial charge in [0.15, 0.2) is 5.78 Å². The van der Waals surface area contributed by atoms with Crippen molar-refractivity contribution in [1.82, 2.24) is 20.9 Å². The molecule has 3 N–H and O–H groups in total. The van der Waals surface area contributed by atoms with Crippen molar-refractivity contribution in [3.63, 3.8) is 0 Å². The third-order valence-corrected chi connectivity index (χ3v) is 6.29. The molecule has 218 valence electrons. The second-order valence-corrected chi connectivity index (χ2v) is 10.9. The smallest absolute Gasteiger partial charge is 0.345 e. The third kappa shape index (κ3) is 10.9. The molecule has 0 aromatic rings. The van der Waals surface area contributed by atoms with Gasteiger partial charge in [0.2, 0.25) is 17.7 Å². The summed E-state index contributed by atoms with van der Waals surface area (Å²) in [4.78, 5) is 53.7. The van der Waals surface area contributed by atoms with E-state index in [0.29, 0.717) is 32.7 Å². The van der Waals surface area contributed by atoms with Crippen molar-refractivity contribution in [2.24, 2.45) is 11.8 Å². The zero-order chi connectivity index (χ0) is 28.5. The number of hydrogen-bond donors (Lipinski definition) is 3. The number of epoxide rings is 1. The summed E-state index contributed by atoms with van der Waals surface area (Å²) in [5.41, 5.74) is -1.00. The number of halogens is 2. The topological polar surface area (TPSA) is 139 Å². The molecule has 4 atom stereocenters. The molecule has 0 spiro atoms. The molecule has 2 fully saturated rings. The molecule has 0 radical (unpaired) electrons. The van der Waals surface area contributed by atoms with Gasteiger partial charge in [0, 0.05) is 13.1 Å². The van der Waals surface area contributed by atoms with Gasteiger partial charge in [-0.2, -0.15) is 8.78 Å². The van der Waals surface area contributed by atoms with Gasteiger partial charge in [-0.1, -0.05) is 27.7 Å². The molecule has 2 aliphatic heterocycles. The molecule has 0 aliphatic carbocycles. The molecular formula is C25H42F2N4O7. The minimum absolute atomic E-state index is 0.00589. The summed E-state index contributed by atoms with van der Waals surface area (Å²) in [5.74, 6) is -2.22. The maximum Gasteiger partial charge on any atom is 0.345 e. The molecule has 13 heteroatoms. The van der Waals surface area contributed by atoms with Crippen LogP contribution in [0.4, 0.5) is 8.78 Å². The average Bonchev–Trinajstić information content (AvgIpc) is 3.58. The highest BCUT2D eigenvalue weighted by atomic mass is 19.3. The molecule has 0 aromatic heterocycles.